The Morgan fingerprint density at radius 1 is 1.47 bits per heavy atom. The summed E-state index contributed by atoms with van der Waals surface area (Å²) in [4.78, 5) is 0. The molecule has 3 nitrogen and oxygen atoms in total. The summed E-state index contributed by atoms with van der Waals surface area (Å²) in [6.07, 6.45) is 0. The van der Waals surface area contributed by atoms with Gasteiger partial charge in [0.05, 0.1) is 13.7 Å². The number of halogens is 3. The minimum atomic E-state index is -3.13. The van der Waals surface area contributed by atoms with E-state index in [0.29, 0.717) is 16.3 Å². The second-order valence-corrected chi connectivity index (χ2v) is 3.95. The van der Waals surface area contributed by atoms with Crippen molar-refractivity contribution in [2.75, 3.05) is 20.3 Å². The molecule has 0 aromatic heterocycles. The molecule has 0 fully saturated rings. The van der Waals surface area contributed by atoms with Crippen molar-refractivity contribution in [1.82, 2.24) is 5.32 Å². The van der Waals surface area contributed by atoms with Crippen molar-refractivity contribution in [3.8, 4) is 5.75 Å². The van der Waals surface area contributed by atoms with Crippen LogP contribution in [-0.4, -0.2) is 31.3 Å². The van der Waals surface area contributed by atoms with E-state index in [2.05, 4.69) is 5.32 Å². The van der Waals surface area contributed by atoms with E-state index in [1.165, 1.54) is 7.11 Å². The molecule has 0 bridgehead atoms. The highest BCUT2D eigenvalue weighted by atomic mass is 35.5. The molecule has 0 saturated carbocycles. The molecule has 1 aromatic rings. The van der Waals surface area contributed by atoms with Crippen LogP contribution < -0.4 is 10.1 Å². The van der Waals surface area contributed by atoms with Crippen LogP contribution in [0.5, 0.6) is 5.75 Å². The van der Waals surface area contributed by atoms with Crippen LogP contribution in [0, 0.1) is 0 Å². The van der Waals surface area contributed by atoms with Crippen LogP contribution >= 0.6 is 11.6 Å². The van der Waals surface area contributed by atoms with E-state index in [1.54, 1.807) is 18.2 Å². The maximum absolute atomic E-state index is 12.8. The van der Waals surface area contributed by atoms with E-state index in [0.717, 1.165) is 0 Å². The van der Waals surface area contributed by atoms with E-state index < -0.39 is 19.1 Å². The van der Waals surface area contributed by atoms with Crippen LogP contribution in [0.3, 0.4) is 0 Å². The Kier molecular flexibility index (Phi) is 5.11. The molecule has 2 N–H and O–H groups in total. The Morgan fingerprint density at radius 2 is 2.18 bits per heavy atom. The average Bonchev–Trinajstić information content (AvgIpc) is 2.31. The molecular formula is C11H14ClF2NO2. The molecule has 0 aliphatic carbocycles. The van der Waals surface area contributed by atoms with Gasteiger partial charge in [0.25, 0.3) is 5.92 Å². The molecule has 6 heteroatoms. The van der Waals surface area contributed by atoms with Crippen molar-refractivity contribution in [3.05, 3.63) is 28.8 Å². The molecule has 0 aliphatic rings. The third-order valence-corrected chi connectivity index (χ3v) is 2.57. The van der Waals surface area contributed by atoms with Crippen LogP contribution in [0.2, 0.25) is 5.02 Å². The van der Waals surface area contributed by atoms with Crippen molar-refractivity contribution < 1.29 is 18.6 Å². The van der Waals surface area contributed by atoms with Crippen LogP contribution in [0.25, 0.3) is 0 Å². The fourth-order valence-electron chi connectivity index (χ4n) is 1.33. The predicted molar refractivity (Wildman–Crippen MR) is 61.7 cm³/mol. The van der Waals surface area contributed by atoms with Crippen LogP contribution in [0.1, 0.15) is 5.56 Å². The Bertz CT molecular complexity index is 374. The van der Waals surface area contributed by atoms with Crippen molar-refractivity contribution in [1.29, 1.82) is 0 Å². The first-order valence-corrected chi connectivity index (χ1v) is 5.39. The molecule has 0 spiro atoms. The van der Waals surface area contributed by atoms with Crippen molar-refractivity contribution >= 4 is 11.6 Å². The monoisotopic (exact) mass is 265 g/mol. The standard InChI is InChI=1S/C11H14ClF2NO2/c1-17-10-4-2-3-9(12)8(10)5-15-6-11(13,14)7-16/h2-4,15-16H,5-7H2,1H3. The number of methoxy groups -OCH3 is 1. The van der Waals surface area contributed by atoms with E-state index in [9.17, 15) is 8.78 Å². The molecule has 1 rings (SSSR count). The number of rotatable bonds is 6. The molecule has 0 heterocycles. The zero-order valence-electron chi connectivity index (χ0n) is 9.34. The molecule has 17 heavy (non-hydrogen) atoms. The zero-order valence-corrected chi connectivity index (χ0v) is 10.1. The third kappa shape index (κ3) is 4.11. The van der Waals surface area contributed by atoms with Gasteiger partial charge in [-0.1, -0.05) is 17.7 Å². The van der Waals surface area contributed by atoms with Gasteiger partial charge in [-0.3, -0.25) is 0 Å². The van der Waals surface area contributed by atoms with E-state index in [1.807, 2.05) is 0 Å². The number of nitrogens with one attached hydrogen (secondary N) is 1. The summed E-state index contributed by atoms with van der Waals surface area (Å²) in [6.45, 7) is -1.64. The minimum Gasteiger partial charge on any atom is -0.496 e. The van der Waals surface area contributed by atoms with E-state index >= 15 is 0 Å². The van der Waals surface area contributed by atoms with Gasteiger partial charge >= 0.3 is 0 Å². The van der Waals surface area contributed by atoms with E-state index in [-0.39, 0.29) is 6.54 Å². The van der Waals surface area contributed by atoms with Gasteiger partial charge in [0, 0.05) is 17.1 Å². The molecular weight excluding hydrogens is 252 g/mol. The van der Waals surface area contributed by atoms with Crippen molar-refractivity contribution in [2.45, 2.75) is 12.5 Å². The van der Waals surface area contributed by atoms with Gasteiger partial charge in [0.2, 0.25) is 0 Å². The first kappa shape index (κ1) is 14.2. The molecule has 0 atom stereocenters. The molecule has 96 valence electrons. The summed E-state index contributed by atoms with van der Waals surface area (Å²) in [5.74, 6) is -2.59. The van der Waals surface area contributed by atoms with Gasteiger partial charge in [0.1, 0.15) is 12.4 Å². The van der Waals surface area contributed by atoms with Gasteiger partial charge in [-0.25, -0.2) is 8.78 Å². The number of aliphatic hydroxyl groups excluding tert-OH is 1. The highest BCUT2D eigenvalue weighted by Crippen LogP contribution is 2.26. The topological polar surface area (TPSA) is 41.5 Å². The maximum atomic E-state index is 12.8. The van der Waals surface area contributed by atoms with Crippen molar-refractivity contribution in [3.63, 3.8) is 0 Å². The lowest BCUT2D eigenvalue weighted by molar-refractivity contribution is -0.0477. The van der Waals surface area contributed by atoms with Crippen LogP contribution in [0.15, 0.2) is 18.2 Å². The minimum absolute atomic E-state index is 0.151. The molecule has 0 aliphatic heterocycles. The lowest BCUT2D eigenvalue weighted by atomic mass is 10.2. The first-order valence-electron chi connectivity index (χ1n) is 5.01. The lowest BCUT2D eigenvalue weighted by Crippen LogP contribution is -2.35. The fraction of sp³-hybridized carbons (Fsp3) is 0.455. The van der Waals surface area contributed by atoms with Crippen molar-refractivity contribution in [2.24, 2.45) is 0 Å². The third-order valence-electron chi connectivity index (χ3n) is 2.21. The quantitative estimate of drug-likeness (QED) is 0.827. The Balaban J connectivity index is 2.63. The Morgan fingerprint density at radius 3 is 2.76 bits per heavy atom. The SMILES string of the molecule is COc1cccc(Cl)c1CNCC(F)(F)CO. The maximum Gasteiger partial charge on any atom is 0.282 e. The van der Waals surface area contributed by atoms with Crippen LogP contribution in [0.4, 0.5) is 8.78 Å². The molecule has 0 radical (unpaired) electrons. The Labute approximate surface area is 103 Å². The van der Waals surface area contributed by atoms with E-state index in [4.69, 9.17) is 21.4 Å². The summed E-state index contributed by atoms with van der Waals surface area (Å²) in [7, 11) is 1.48. The summed E-state index contributed by atoms with van der Waals surface area (Å²) < 4.78 is 30.6. The zero-order chi connectivity index (χ0) is 12.9. The van der Waals surface area contributed by atoms with Gasteiger partial charge in [-0.2, -0.15) is 0 Å². The van der Waals surface area contributed by atoms with Gasteiger partial charge in [-0.15, -0.1) is 0 Å². The normalized spacial score (nSPS) is 11.6. The number of aliphatic hydroxyl groups is 1. The van der Waals surface area contributed by atoms with Gasteiger partial charge in [-0.05, 0) is 12.1 Å². The summed E-state index contributed by atoms with van der Waals surface area (Å²) in [6, 6.07) is 5.07. The molecule has 0 unspecified atom stereocenters. The molecule has 0 saturated heterocycles. The Hall–Kier alpha value is -0.910. The second kappa shape index (κ2) is 6.14. The average molecular weight is 266 g/mol. The van der Waals surface area contributed by atoms with Crippen LogP contribution in [-0.2, 0) is 6.54 Å². The smallest absolute Gasteiger partial charge is 0.282 e. The predicted octanol–water partition coefficient (Wildman–Crippen LogP) is 2.07. The molecule has 0 amide bonds. The highest BCUT2D eigenvalue weighted by Gasteiger charge is 2.27. The number of hydrogen-bond donors (Lipinski definition) is 2. The van der Waals surface area contributed by atoms with Gasteiger partial charge in [0.15, 0.2) is 0 Å². The summed E-state index contributed by atoms with van der Waals surface area (Å²) in [5, 5.41) is 11.4. The number of hydrogen-bond acceptors (Lipinski definition) is 3. The highest BCUT2D eigenvalue weighted by molar-refractivity contribution is 6.31. The fourth-order valence-corrected chi connectivity index (χ4v) is 1.56. The second-order valence-electron chi connectivity index (χ2n) is 3.54. The van der Waals surface area contributed by atoms with Gasteiger partial charge < -0.3 is 15.2 Å². The number of benzene rings is 1. The largest absolute Gasteiger partial charge is 0.496 e. The molecule has 1 aromatic carbocycles. The first-order chi connectivity index (χ1) is 8.00. The lowest BCUT2D eigenvalue weighted by Gasteiger charge is -2.15. The number of ether oxygens (including phenoxy) is 1. The summed E-state index contributed by atoms with van der Waals surface area (Å²) >= 11 is 5.94. The number of alkyl halides is 2. The summed E-state index contributed by atoms with van der Waals surface area (Å²) in [5.41, 5.74) is 0.616.